The first-order chi connectivity index (χ1) is 15.4. The fourth-order valence-corrected chi connectivity index (χ4v) is 5.12. The molecule has 0 aromatic heterocycles. The van der Waals surface area contributed by atoms with Gasteiger partial charge in [0, 0.05) is 44.0 Å². The summed E-state index contributed by atoms with van der Waals surface area (Å²) >= 11 is 0. The summed E-state index contributed by atoms with van der Waals surface area (Å²) in [5, 5.41) is 2.76. The Morgan fingerprint density at radius 2 is 1.56 bits per heavy atom. The Hall–Kier alpha value is -3.07. The summed E-state index contributed by atoms with van der Waals surface area (Å²) in [4.78, 5) is 15.0. The molecule has 3 aromatic rings. The van der Waals surface area contributed by atoms with Gasteiger partial charge in [-0.3, -0.25) is 9.69 Å². The van der Waals surface area contributed by atoms with E-state index in [0.29, 0.717) is 48.9 Å². The second-order valence-corrected chi connectivity index (χ2v) is 9.59. The first kappa shape index (κ1) is 22.1. The highest BCUT2D eigenvalue weighted by Gasteiger charge is 2.28. The van der Waals surface area contributed by atoms with E-state index >= 15 is 0 Å². The molecular weight excluding hydrogens is 429 g/mol. The molecule has 0 bridgehead atoms. The van der Waals surface area contributed by atoms with Crippen molar-refractivity contribution in [2.45, 2.75) is 11.4 Å². The lowest BCUT2D eigenvalue weighted by molar-refractivity contribution is 0.102. The molecule has 8 heteroatoms. The maximum atomic E-state index is 13.0. The van der Waals surface area contributed by atoms with Crippen molar-refractivity contribution in [2.24, 2.45) is 0 Å². The van der Waals surface area contributed by atoms with Crippen LogP contribution in [0.15, 0.2) is 83.8 Å². The average Bonchev–Trinajstić information content (AvgIpc) is 2.82. The summed E-state index contributed by atoms with van der Waals surface area (Å²) in [6, 6.07) is 21.4. The number of amides is 1. The van der Waals surface area contributed by atoms with Crippen molar-refractivity contribution in [3.05, 3.63) is 95.8 Å². The Balaban J connectivity index is 1.35. The quantitative estimate of drug-likeness (QED) is 0.619. The third-order valence-corrected chi connectivity index (χ3v) is 7.32. The number of carbonyl (C=O) groups excluding carboxylic acids is 1. The minimum atomic E-state index is -3.48. The summed E-state index contributed by atoms with van der Waals surface area (Å²) in [7, 11) is -3.48. The van der Waals surface area contributed by atoms with E-state index < -0.39 is 10.0 Å². The third kappa shape index (κ3) is 5.21. The van der Waals surface area contributed by atoms with Gasteiger partial charge in [0.15, 0.2) is 0 Å². The number of nitrogens with one attached hydrogen (secondary N) is 1. The van der Waals surface area contributed by atoms with Crippen LogP contribution in [-0.4, -0.2) is 49.7 Å². The van der Waals surface area contributed by atoms with Crippen molar-refractivity contribution in [3.63, 3.8) is 0 Å². The summed E-state index contributed by atoms with van der Waals surface area (Å²) in [5.41, 5.74) is 2.01. The number of nitrogens with zero attached hydrogens (tertiary/aromatic N) is 2. The van der Waals surface area contributed by atoms with E-state index in [1.807, 2.05) is 18.2 Å². The summed E-state index contributed by atoms with van der Waals surface area (Å²) in [5.74, 6) is -0.626. The fraction of sp³-hybridized carbons (Fsp3) is 0.208. The highest BCUT2D eigenvalue weighted by Crippen LogP contribution is 2.19. The Morgan fingerprint density at radius 3 is 2.25 bits per heavy atom. The molecule has 0 aliphatic carbocycles. The van der Waals surface area contributed by atoms with Crippen molar-refractivity contribution in [1.82, 2.24) is 9.21 Å². The van der Waals surface area contributed by atoms with Crippen molar-refractivity contribution < 1.29 is 17.6 Å². The van der Waals surface area contributed by atoms with E-state index in [-0.39, 0.29) is 11.7 Å². The number of anilines is 1. The first-order valence-corrected chi connectivity index (χ1v) is 11.8. The maximum Gasteiger partial charge on any atom is 0.255 e. The second-order valence-electron chi connectivity index (χ2n) is 7.65. The molecule has 0 radical (unpaired) electrons. The smallest absolute Gasteiger partial charge is 0.255 e. The Labute approximate surface area is 187 Å². The molecule has 32 heavy (non-hydrogen) atoms. The topological polar surface area (TPSA) is 69.7 Å². The number of piperazine rings is 1. The monoisotopic (exact) mass is 453 g/mol. The predicted molar refractivity (Wildman–Crippen MR) is 121 cm³/mol. The van der Waals surface area contributed by atoms with E-state index in [4.69, 9.17) is 0 Å². The highest BCUT2D eigenvalue weighted by atomic mass is 32.2. The summed E-state index contributed by atoms with van der Waals surface area (Å²) in [6.45, 7) is 2.68. The molecule has 3 aromatic carbocycles. The van der Waals surface area contributed by atoms with Gasteiger partial charge in [-0.25, -0.2) is 12.8 Å². The zero-order valence-electron chi connectivity index (χ0n) is 17.4. The van der Waals surface area contributed by atoms with Gasteiger partial charge in [0.1, 0.15) is 5.82 Å². The van der Waals surface area contributed by atoms with Crippen molar-refractivity contribution >= 4 is 21.6 Å². The van der Waals surface area contributed by atoms with Crippen LogP contribution >= 0.6 is 0 Å². The number of rotatable bonds is 6. The van der Waals surface area contributed by atoms with Crippen molar-refractivity contribution in [1.29, 1.82) is 0 Å². The molecule has 1 heterocycles. The van der Waals surface area contributed by atoms with Crippen molar-refractivity contribution in [3.8, 4) is 0 Å². The predicted octanol–water partition coefficient (Wildman–Crippen LogP) is 3.58. The zero-order chi connectivity index (χ0) is 22.6. The SMILES string of the molecule is O=C(Nc1ccc(F)cc1)c1cccc(CN2CCN(S(=O)(=O)c3ccccc3)CC2)c1. The van der Waals surface area contributed by atoms with E-state index in [9.17, 15) is 17.6 Å². The number of hydrogen-bond donors (Lipinski definition) is 1. The van der Waals surface area contributed by atoms with Crippen LogP contribution in [0.2, 0.25) is 0 Å². The number of halogens is 1. The maximum absolute atomic E-state index is 13.0. The normalized spacial score (nSPS) is 15.4. The van der Waals surface area contributed by atoms with E-state index in [2.05, 4.69) is 10.2 Å². The van der Waals surface area contributed by atoms with Crippen LogP contribution in [0.3, 0.4) is 0 Å². The molecular formula is C24H24FN3O3S. The molecule has 1 N–H and O–H groups in total. The van der Waals surface area contributed by atoms with Gasteiger partial charge >= 0.3 is 0 Å². The Bertz CT molecular complexity index is 1180. The molecule has 166 valence electrons. The molecule has 1 aliphatic rings. The van der Waals surface area contributed by atoms with Gasteiger partial charge in [-0.15, -0.1) is 0 Å². The molecule has 1 fully saturated rings. The molecule has 0 saturated carbocycles. The zero-order valence-corrected chi connectivity index (χ0v) is 18.3. The van der Waals surface area contributed by atoms with Crippen LogP contribution in [0, 0.1) is 5.82 Å². The van der Waals surface area contributed by atoms with E-state index in [1.54, 1.807) is 36.4 Å². The minimum Gasteiger partial charge on any atom is -0.322 e. The molecule has 1 amide bonds. The van der Waals surface area contributed by atoms with E-state index in [0.717, 1.165) is 5.56 Å². The van der Waals surface area contributed by atoms with Gasteiger partial charge in [-0.05, 0) is 54.1 Å². The van der Waals surface area contributed by atoms with Crippen LogP contribution < -0.4 is 5.32 Å². The lowest BCUT2D eigenvalue weighted by atomic mass is 10.1. The number of benzene rings is 3. The van der Waals surface area contributed by atoms with Gasteiger partial charge in [0.2, 0.25) is 10.0 Å². The van der Waals surface area contributed by atoms with Crippen LogP contribution in [0.4, 0.5) is 10.1 Å². The number of hydrogen-bond acceptors (Lipinski definition) is 4. The van der Waals surface area contributed by atoms with Crippen LogP contribution in [0.1, 0.15) is 15.9 Å². The molecule has 0 unspecified atom stereocenters. The largest absolute Gasteiger partial charge is 0.322 e. The Morgan fingerprint density at radius 1 is 0.875 bits per heavy atom. The van der Waals surface area contributed by atoms with Crippen LogP contribution in [-0.2, 0) is 16.6 Å². The second kappa shape index (κ2) is 9.60. The number of sulfonamides is 1. The molecule has 6 nitrogen and oxygen atoms in total. The third-order valence-electron chi connectivity index (χ3n) is 5.41. The molecule has 0 spiro atoms. The van der Waals surface area contributed by atoms with Crippen LogP contribution in [0.25, 0.3) is 0 Å². The lowest BCUT2D eigenvalue weighted by Crippen LogP contribution is -2.48. The standard InChI is InChI=1S/C24H24FN3O3S/c25-21-9-11-22(12-10-21)26-24(29)20-6-4-5-19(17-20)18-27-13-15-28(16-14-27)32(30,31)23-7-2-1-3-8-23/h1-12,17H,13-16,18H2,(H,26,29). The Kier molecular flexibility index (Phi) is 6.64. The molecule has 1 aliphatic heterocycles. The van der Waals surface area contributed by atoms with Gasteiger partial charge in [-0.2, -0.15) is 4.31 Å². The lowest BCUT2D eigenvalue weighted by Gasteiger charge is -2.34. The summed E-state index contributed by atoms with van der Waals surface area (Å²) < 4.78 is 40.1. The molecule has 4 rings (SSSR count). The molecule has 0 atom stereocenters. The summed E-state index contributed by atoms with van der Waals surface area (Å²) in [6.07, 6.45) is 0. The molecule has 1 saturated heterocycles. The van der Waals surface area contributed by atoms with Gasteiger partial charge in [0.05, 0.1) is 4.90 Å². The van der Waals surface area contributed by atoms with Crippen LogP contribution in [0.5, 0.6) is 0 Å². The van der Waals surface area contributed by atoms with Gasteiger partial charge in [0.25, 0.3) is 5.91 Å². The minimum absolute atomic E-state index is 0.266. The van der Waals surface area contributed by atoms with E-state index in [1.165, 1.54) is 28.6 Å². The average molecular weight is 454 g/mol. The number of carbonyl (C=O) groups is 1. The van der Waals surface area contributed by atoms with Crippen molar-refractivity contribution in [2.75, 3.05) is 31.5 Å². The fourth-order valence-electron chi connectivity index (χ4n) is 3.68. The highest BCUT2D eigenvalue weighted by molar-refractivity contribution is 7.89. The van der Waals surface area contributed by atoms with Gasteiger partial charge < -0.3 is 5.32 Å². The van der Waals surface area contributed by atoms with Gasteiger partial charge in [-0.1, -0.05) is 30.3 Å². The first-order valence-electron chi connectivity index (χ1n) is 10.4.